The van der Waals surface area contributed by atoms with Gasteiger partial charge in [0.1, 0.15) is 73.2 Å². The number of aliphatic hydroxyl groups is 11. The highest BCUT2D eigenvalue weighted by Gasteiger charge is 2.53. The van der Waals surface area contributed by atoms with Crippen molar-refractivity contribution in [1.82, 2.24) is 5.32 Å². The molecule has 3 saturated heterocycles. The molecule has 3 aliphatic rings. The average Bonchev–Trinajstić information content (AvgIpc) is 3.69. The molecule has 3 aliphatic heterocycles. The third kappa shape index (κ3) is 31.9. The predicted octanol–water partition coefficient (Wildman–Crippen LogP) is 8.50. The summed E-state index contributed by atoms with van der Waals surface area (Å²) in [4.78, 5) is 13.3. The lowest BCUT2D eigenvalue weighted by molar-refractivity contribution is -0.379. The first-order chi connectivity index (χ1) is 41.3. The van der Waals surface area contributed by atoms with Crippen LogP contribution in [0.1, 0.15) is 271 Å². The Hall–Kier alpha value is -1.47. The van der Waals surface area contributed by atoms with E-state index in [4.69, 9.17) is 28.4 Å². The minimum absolute atomic E-state index is 0.249. The quantitative estimate of drug-likeness (QED) is 0.0201. The first-order valence-electron chi connectivity index (χ1n) is 34.4. The van der Waals surface area contributed by atoms with Crippen molar-refractivity contribution >= 4 is 5.91 Å². The highest BCUT2D eigenvalue weighted by Crippen LogP contribution is 2.33. The van der Waals surface area contributed by atoms with Gasteiger partial charge in [0, 0.05) is 6.42 Å². The second kappa shape index (κ2) is 49.3. The minimum Gasteiger partial charge on any atom is -0.394 e. The molecule has 17 unspecified atom stereocenters. The zero-order valence-electron chi connectivity index (χ0n) is 52.9. The van der Waals surface area contributed by atoms with Gasteiger partial charge in [0.15, 0.2) is 18.9 Å². The summed E-state index contributed by atoms with van der Waals surface area (Å²) >= 11 is 0. The molecule has 0 aromatic carbocycles. The zero-order chi connectivity index (χ0) is 61.9. The molecule has 19 heteroatoms. The molecule has 0 spiro atoms. The van der Waals surface area contributed by atoms with Crippen molar-refractivity contribution in [3.63, 3.8) is 0 Å². The molecule has 3 fully saturated rings. The largest absolute Gasteiger partial charge is 0.394 e. The van der Waals surface area contributed by atoms with E-state index in [2.05, 4.69) is 19.2 Å². The molecule has 12 N–H and O–H groups in total. The van der Waals surface area contributed by atoms with Crippen LogP contribution >= 0.6 is 0 Å². The Labute approximate surface area is 512 Å². The molecule has 1 amide bonds. The Morgan fingerprint density at radius 2 is 0.729 bits per heavy atom. The molecule has 0 aromatic rings. The first kappa shape index (κ1) is 77.8. The SMILES string of the molecule is CCCCCCCCCCCCCCCCCCCCCCCCCCC/C=C/C(O)C(COC1OC(CO)C(OC2OC(CO)C(OC3OC(CO)C(O)C(O)C3O)C(O)C2O)C(O)C1O)NC(=O)CCCCCCCCCCCCCCC. The molecular formula is C66H125NO18. The van der Waals surface area contributed by atoms with Gasteiger partial charge < -0.3 is 89.9 Å². The Bertz CT molecular complexity index is 1600. The molecule has 3 rings (SSSR count). The first-order valence-corrected chi connectivity index (χ1v) is 34.4. The van der Waals surface area contributed by atoms with Crippen LogP contribution in [0.2, 0.25) is 0 Å². The summed E-state index contributed by atoms with van der Waals surface area (Å²) < 4.78 is 34.3. The lowest BCUT2D eigenvalue weighted by Gasteiger charge is -2.48. The van der Waals surface area contributed by atoms with Gasteiger partial charge in [-0.15, -0.1) is 0 Å². The number of nitrogens with one attached hydrogen (secondary N) is 1. The van der Waals surface area contributed by atoms with Crippen LogP contribution in [-0.2, 0) is 33.2 Å². The lowest BCUT2D eigenvalue weighted by Crippen LogP contribution is -2.66. The number of amides is 1. The van der Waals surface area contributed by atoms with Gasteiger partial charge in [0.05, 0.1) is 38.6 Å². The standard InChI is InChI=1S/C66H125NO18/c1-3-5-7-9-11-13-15-17-18-19-20-21-22-23-24-25-26-27-28-29-30-32-33-35-37-39-41-43-50(71)49(67-54(72)44-42-40-38-36-34-31-16-14-12-10-8-6-4-2)48-80-64-60(78)57(75)62(52(46-69)82-64)85-66-61(79)58(76)63(53(47-70)83-66)84-65-59(77)56(74)55(73)51(45-68)81-65/h41,43,49-53,55-66,68-71,73-79H,3-40,42,44-48H2,1-2H3,(H,67,72)/b43-41+. The summed E-state index contributed by atoms with van der Waals surface area (Å²) in [7, 11) is 0. The zero-order valence-corrected chi connectivity index (χ0v) is 52.9. The summed E-state index contributed by atoms with van der Waals surface area (Å²) in [5.41, 5.74) is 0. The fourth-order valence-electron chi connectivity index (χ4n) is 12.0. The number of carbonyl (C=O) groups excluding carboxylic acids is 1. The fraction of sp³-hybridized carbons (Fsp3) is 0.955. The average molecular weight is 1220 g/mol. The highest BCUT2D eigenvalue weighted by atomic mass is 16.8. The third-order valence-electron chi connectivity index (χ3n) is 17.6. The minimum atomic E-state index is -1.98. The van der Waals surface area contributed by atoms with Crippen LogP contribution in [0.4, 0.5) is 0 Å². The number of hydrogen-bond acceptors (Lipinski definition) is 18. The van der Waals surface area contributed by atoms with E-state index in [1.54, 1.807) is 6.08 Å². The van der Waals surface area contributed by atoms with Gasteiger partial charge in [0.2, 0.25) is 5.91 Å². The molecule has 19 nitrogen and oxygen atoms in total. The Morgan fingerprint density at radius 3 is 1.11 bits per heavy atom. The van der Waals surface area contributed by atoms with Crippen LogP contribution in [0.5, 0.6) is 0 Å². The van der Waals surface area contributed by atoms with E-state index in [9.17, 15) is 61.0 Å². The van der Waals surface area contributed by atoms with Gasteiger partial charge >= 0.3 is 0 Å². The Kier molecular flexibility index (Phi) is 45.1. The van der Waals surface area contributed by atoms with E-state index < -0.39 is 124 Å². The maximum atomic E-state index is 13.3. The van der Waals surface area contributed by atoms with Gasteiger partial charge in [-0.3, -0.25) is 4.79 Å². The number of unbranched alkanes of at least 4 members (excludes halogenated alkanes) is 37. The summed E-state index contributed by atoms with van der Waals surface area (Å²) in [6.07, 6.45) is 26.3. The van der Waals surface area contributed by atoms with Crippen LogP contribution < -0.4 is 5.32 Å². The van der Waals surface area contributed by atoms with Crippen molar-refractivity contribution in [2.75, 3.05) is 26.4 Å². The van der Waals surface area contributed by atoms with Crippen molar-refractivity contribution in [2.24, 2.45) is 0 Å². The van der Waals surface area contributed by atoms with Crippen LogP contribution in [0.25, 0.3) is 0 Å². The Morgan fingerprint density at radius 1 is 0.412 bits per heavy atom. The molecule has 0 radical (unpaired) electrons. The van der Waals surface area contributed by atoms with Gasteiger partial charge in [-0.05, 0) is 19.3 Å². The van der Waals surface area contributed by atoms with Crippen molar-refractivity contribution in [2.45, 2.75) is 375 Å². The van der Waals surface area contributed by atoms with E-state index in [0.717, 1.165) is 44.9 Å². The van der Waals surface area contributed by atoms with Gasteiger partial charge in [-0.2, -0.15) is 0 Å². The number of hydrogen-bond donors (Lipinski definition) is 12. The lowest BCUT2D eigenvalue weighted by atomic mass is 9.96. The van der Waals surface area contributed by atoms with Crippen molar-refractivity contribution < 1.29 is 89.4 Å². The second-order valence-electron chi connectivity index (χ2n) is 25.0. The number of ether oxygens (including phenoxy) is 6. The smallest absolute Gasteiger partial charge is 0.220 e. The fourth-order valence-corrected chi connectivity index (χ4v) is 12.0. The van der Waals surface area contributed by atoms with E-state index in [1.807, 2.05) is 6.08 Å². The molecule has 0 saturated carbocycles. The maximum absolute atomic E-state index is 13.3. The van der Waals surface area contributed by atoms with Crippen LogP contribution in [0.3, 0.4) is 0 Å². The number of rotatable bonds is 53. The molecule has 0 bridgehead atoms. The summed E-state index contributed by atoms with van der Waals surface area (Å²) in [6.45, 7) is 1.75. The maximum Gasteiger partial charge on any atom is 0.220 e. The van der Waals surface area contributed by atoms with Crippen molar-refractivity contribution in [3.8, 4) is 0 Å². The Balaban J connectivity index is 1.42. The van der Waals surface area contributed by atoms with Crippen molar-refractivity contribution in [3.05, 3.63) is 12.2 Å². The number of aliphatic hydroxyl groups excluding tert-OH is 11. The second-order valence-corrected chi connectivity index (χ2v) is 25.0. The predicted molar refractivity (Wildman–Crippen MR) is 328 cm³/mol. The number of allylic oxidation sites excluding steroid dienone is 1. The third-order valence-corrected chi connectivity index (χ3v) is 17.6. The molecule has 0 aliphatic carbocycles. The van der Waals surface area contributed by atoms with Gasteiger partial charge in [0.25, 0.3) is 0 Å². The topological polar surface area (TPSA) is 307 Å². The van der Waals surface area contributed by atoms with E-state index in [1.165, 1.54) is 199 Å². The van der Waals surface area contributed by atoms with Crippen molar-refractivity contribution in [1.29, 1.82) is 0 Å². The molecule has 3 heterocycles. The normalized spacial score (nSPS) is 29.0. The van der Waals surface area contributed by atoms with Gasteiger partial charge in [-0.1, -0.05) is 257 Å². The highest BCUT2D eigenvalue weighted by molar-refractivity contribution is 5.76. The molecule has 85 heavy (non-hydrogen) atoms. The van der Waals surface area contributed by atoms with Crippen LogP contribution in [0, 0.1) is 0 Å². The molecule has 0 aromatic heterocycles. The van der Waals surface area contributed by atoms with E-state index >= 15 is 0 Å². The summed E-state index contributed by atoms with van der Waals surface area (Å²) in [6, 6.07) is -0.967. The van der Waals surface area contributed by atoms with Crippen LogP contribution in [-0.4, -0.2) is 193 Å². The summed E-state index contributed by atoms with van der Waals surface area (Å²) in [5, 5.41) is 120. The van der Waals surface area contributed by atoms with E-state index in [0.29, 0.717) is 6.42 Å². The molecule has 502 valence electrons. The number of carbonyl (C=O) groups is 1. The van der Waals surface area contributed by atoms with Gasteiger partial charge in [-0.25, -0.2) is 0 Å². The molecule has 17 atom stereocenters. The van der Waals surface area contributed by atoms with E-state index in [-0.39, 0.29) is 18.9 Å². The van der Waals surface area contributed by atoms with Crippen LogP contribution in [0.15, 0.2) is 12.2 Å². The molecular weight excluding hydrogens is 1090 g/mol. The monoisotopic (exact) mass is 1220 g/mol. The summed E-state index contributed by atoms with van der Waals surface area (Å²) in [5.74, 6) is -0.272.